The van der Waals surface area contributed by atoms with Crippen LogP contribution in [0.2, 0.25) is 0 Å². The number of nitrogens with one attached hydrogen (secondary N) is 2. The normalized spacial score (nSPS) is 28.4. The van der Waals surface area contributed by atoms with Crippen molar-refractivity contribution in [2.45, 2.75) is 104 Å². The summed E-state index contributed by atoms with van der Waals surface area (Å²) >= 11 is 0. The highest BCUT2D eigenvalue weighted by Crippen LogP contribution is 2.24. The Bertz CT molecular complexity index is 1110. The van der Waals surface area contributed by atoms with Gasteiger partial charge in [0.05, 0.1) is 12.3 Å². The number of carbonyl (C=O) groups excluding carboxylic acids is 6. The van der Waals surface area contributed by atoms with Crippen LogP contribution in [0.1, 0.15) is 73.6 Å². The van der Waals surface area contributed by atoms with E-state index in [-0.39, 0.29) is 37.8 Å². The highest BCUT2D eigenvalue weighted by molar-refractivity contribution is 5.96. The fourth-order valence-electron chi connectivity index (χ4n) is 5.52. The zero-order chi connectivity index (χ0) is 33.5. The summed E-state index contributed by atoms with van der Waals surface area (Å²) in [6.07, 6.45) is -0.787. The third kappa shape index (κ3) is 8.69. The Balaban J connectivity index is 2.56. The van der Waals surface area contributed by atoms with Crippen LogP contribution in [0.15, 0.2) is 0 Å². The lowest BCUT2D eigenvalue weighted by molar-refractivity contribution is -0.164. The molecule has 1 unspecified atom stereocenters. The second-order valence-corrected chi connectivity index (χ2v) is 12.3. The van der Waals surface area contributed by atoms with Crippen molar-refractivity contribution in [2.24, 2.45) is 17.8 Å². The smallest absolute Gasteiger partial charge is 0.308 e. The fraction of sp³-hybridized carbons (Fsp3) is 0.767. The molecule has 0 aromatic rings. The van der Waals surface area contributed by atoms with Crippen molar-refractivity contribution in [3.8, 4) is 0 Å². The third-order valence-electron chi connectivity index (χ3n) is 8.74. The van der Waals surface area contributed by atoms with Crippen LogP contribution in [-0.4, -0.2) is 119 Å². The molecule has 2 aliphatic rings. The lowest BCUT2D eigenvalue weighted by atomic mass is 9.94. The maximum Gasteiger partial charge on any atom is 0.308 e. The molecule has 44 heavy (non-hydrogen) atoms. The molecule has 7 atom stereocenters. The Morgan fingerprint density at radius 2 is 1.61 bits per heavy atom. The number of carboxylic acid groups (broad SMARTS) is 1. The molecule has 3 N–H and O–H groups in total. The van der Waals surface area contributed by atoms with E-state index < -0.39 is 77.7 Å². The molecule has 0 aliphatic carbocycles. The van der Waals surface area contributed by atoms with Crippen molar-refractivity contribution in [1.82, 2.24) is 25.3 Å². The van der Waals surface area contributed by atoms with Gasteiger partial charge in [0, 0.05) is 33.6 Å². The van der Waals surface area contributed by atoms with Gasteiger partial charge in [-0.1, -0.05) is 41.0 Å². The maximum atomic E-state index is 13.9. The lowest BCUT2D eigenvalue weighted by Gasteiger charge is -2.38. The van der Waals surface area contributed by atoms with Crippen molar-refractivity contribution >= 4 is 41.5 Å². The zero-order valence-electron chi connectivity index (χ0n) is 27.1. The Morgan fingerprint density at radius 1 is 0.977 bits per heavy atom. The first kappa shape index (κ1) is 36.5. The van der Waals surface area contributed by atoms with Crippen LogP contribution in [0.3, 0.4) is 0 Å². The number of cyclic esters (lactones) is 1. The third-order valence-corrected chi connectivity index (χ3v) is 8.74. The predicted molar refractivity (Wildman–Crippen MR) is 159 cm³/mol. The average Bonchev–Trinajstić information content (AvgIpc) is 3.46. The number of hydrogen-bond donors (Lipinski definition) is 3. The molecule has 2 saturated heterocycles. The van der Waals surface area contributed by atoms with E-state index in [1.807, 2.05) is 6.92 Å². The van der Waals surface area contributed by atoms with Crippen molar-refractivity contribution in [1.29, 1.82) is 0 Å². The number of nitrogens with zero attached hydrogens (tertiary/aromatic N) is 3. The van der Waals surface area contributed by atoms with Crippen LogP contribution in [0, 0.1) is 17.8 Å². The zero-order valence-corrected chi connectivity index (χ0v) is 27.1. The fourth-order valence-corrected chi connectivity index (χ4v) is 5.52. The molecule has 2 heterocycles. The number of carbonyl (C=O) groups is 7. The molecule has 0 saturated carbocycles. The average molecular weight is 624 g/mol. The van der Waals surface area contributed by atoms with E-state index >= 15 is 0 Å². The second-order valence-electron chi connectivity index (χ2n) is 12.3. The second kappa shape index (κ2) is 15.8. The van der Waals surface area contributed by atoms with Gasteiger partial charge in [-0.2, -0.15) is 0 Å². The summed E-state index contributed by atoms with van der Waals surface area (Å²) in [6.45, 7) is 10.2. The Labute approximate surface area is 259 Å². The molecule has 14 nitrogen and oxygen atoms in total. The van der Waals surface area contributed by atoms with Crippen molar-refractivity contribution < 1.29 is 43.4 Å². The first-order chi connectivity index (χ1) is 20.5. The van der Waals surface area contributed by atoms with E-state index in [4.69, 9.17) is 4.74 Å². The van der Waals surface area contributed by atoms with E-state index in [0.29, 0.717) is 19.3 Å². The first-order valence-electron chi connectivity index (χ1n) is 15.4. The summed E-state index contributed by atoms with van der Waals surface area (Å²) in [6, 6.07) is -3.87. The van der Waals surface area contributed by atoms with Gasteiger partial charge in [0.2, 0.25) is 23.6 Å². The molecular weight excluding hydrogens is 574 g/mol. The molecule has 0 bridgehead atoms. The van der Waals surface area contributed by atoms with Crippen LogP contribution >= 0.6 is 0 Å². The Kier molecular flexibility index (Phi) is 13.1. The number of hydrogen-bond acceptors (Lipinski definition) is 8. The number of ether oxygens (including phenoxy) is 1. The van der Waals surface area contributed by atoms with Crippen molar-refractivity contribution in [2.75, 3.05) is 27.2 Å². The molecule has 0 spiro atoms. The largest absolute Gasteiger partial charge is 0.481 e. The number of esters is 1. The highest BCUT2D eigenvalue weighted by atomic mass is 16.5. The number of carboxylic acids is 1. The van der Waals surface area contributed by atoms with Gasteiger partial charge in [-0.15, -0.1) is 0 Å². The number of aliphatic carboxylic acids is 1. The van der Waals surface area contributed by atoms with Crippen molar-refractivity contribution in [3.05, 3.63) is 0 Å². The molecule has 248 valence electrons. The van der Waals surface area contributed by atoms with E-state index in [2.05, 4.69) is 10.6 Å². The number of likely N-dealkylation sites (N-methyl/N-ethyl adjacent to an activating group) is 2. The quantitative estimate of drug-likeness (QED) is 0.352. The molecular formula is C30H49N5O9. The minimum Gasteiger partial charge on any atom is -0.481 e. The summed E-state index contributed by atoms with van der Waals surface area (Å²) in [4.78, 5) is 96.0. The van der Waals surface area contributed by atoms with Gasteiger partial charge in [0.1, 0.15) is 24.2 Å². The van der Waals surface area contributed by atoms with Crippen LogP contribution < -0.4 is 10.6 Å². The molecule has 2 fully saturated rings. The van der Waals surface area contributed by atoms with E-state index in [1.54, 1.807) is 20.8 Å². The molecule has 14 heteroatoms. The van der Waals surface area contributed by atoms with Gasteiger partial charge < -0.3 is 35.2 Å². The van der Waals surface area contributed by atoms with Gasteiger partial charge in [-0.25, -0.2) is 0 Å². The summed E-state index contributed by atoms with van der Waals surface area (Å²) in [5.41, 5.74) is 0. The predicted octanol–water partition coefficient (Wildman–Crippen LogP) is 0.381. The first-order valence-corrected chi connectivity index (χ1v) is 15.4. The van der Waals surface area contributed by atoms with Gasteiger partial charge >= 0.3 is 11.9 Å². The molecule has 0 radical (unpaired) electrons. The Hall–Kier alpha value is -3.71. The lowest BCUT2D eigenvalue weighted by Crippen LogP contribution is -2.60. The van der Waals surface area contributed by atoms with Crippen LogP contribution in [0.5, 0.6) is 0 Å². The number of rotatable bonds is 6. The molecule has 2 rings (SSSR count). The minimum atomic E-state index is -1.47. The number of amides is 5. The van der Waals surface area contributed by atoms with E-state index in [1.165, 1.54) is 42.6 Å². The topological polar surface area (TPSA) is 183 Å². The summed E-state index contributed by atoms with van der Waals surface area (Å²) in [7, 11) is 2.95. The van der Waals surface area contributed by atoms with E-state index in [0.717, 1.165) is 0 Å². The molecule has 5 amide bonds. The number of fused-ring (bicyclic) bond motifs is 1. The van der Waals surface area contributed by atoms with Gasteiger partial charge in [-0.05, 0) is 31.6 Å². The highest BCUT2D eigenvalue weighted by Gasteiger charge is 2.43. The van der Waals surface area contributed by atoms with Crippen LogP contribution in [0.25, 0.3) is 0 Å². The summed E-state index contributed by atoms with van der Waals surface area (Å²) < 4.78 is 5.44. The van der Waals surface area contributed by atoms with E-state index in [9.17, 15) is 38.7 Å². The minimum absolute atomic E-state index is 0.156. The summed E-state index contributed by atoms with van der Waals surface area (Å²) in [5.74, 6) is -6.46. The van der Waals surface area contributed by atoms with Crippen molar-refractivity contribution in [3.63, 3.8) is 0 Å². The van der Waals surface area contributed by atoms with Gasteiger partial charge in [-0.3, -0.25) is 33.6 Å². The SMILES string of the molecule is CC[C@H](C)[C@@H]1NC(=O)[C@@H]2CCCN2C(=O)[C@@H](CC(C)C(=O)O)OC(=O)CCNC(=O)[C@H](C)N(C)C(=O)[C@H](C(C)C)N(C)C1=O. The molecule has 2 aliphatic heterocycles. The van der Waals surface area contributed by atoms with Crippen LogP contribution in [0.4, 0.5) is 0 Å². The van der Waals surface area contributed by atoms with Gasteiger partial charge in [0.25, 0.3) is 5.91 Å². The monoisotopic (exact) mass is 623 g/mol. The summed E-state index contributed by atoms with van der Waals surface area (Å²) in [5, 5.41) is 14.9. The molecule has 0 aromatic heterocycles. The standard InChI is InChI=1S/C30H49N5O9/c1-9-17(4)23-28(40)34(8)24(16(2)3)29(41)33(7)19(6)25(37)31-13-12-22(36)44-21(15-18(5)30(42)43)27(39)35-14-10-11-20(35)26(38)32-23/h16-21,23-24H,9-15H2,1-8H3,(H,31,37)(H,32,38)(H,42,43)/t17-,18?,19-,20-,21+,23-,24-/m0/s1. The van der Waals surface area contributed by atoms with Gasteiger partial charge in [0.15, 0.2) is 6.10 Å². The maximum absolute atomic E-state index is 13.9. The van der Waals surface area contributed by atoms with Crippen LogP contribution in [-0.2, 0) is 38.3 Å². The molecule has 0 aromatic carbocycles. The Morgan fingerprint density at radius 3 is 2.18 bits per heavy atom.